The molecule has 5 nitrogen and oxygen atoms in total. The SMILES string of the molecule is CCCCCN(c1ccc(CO)cc1[N+](=O)[O-])C(C)C. The number of unbranched alkanes of at least 4 members (excludes halogenated alkanes) is 2. The number of nitrogens with zero attached hydrogens (tertiary/aromatic N) is 2. The first kappa shape index (κ1) is 16.4. The predicted molar refractivity (Wildman–Crippen MR) is 81.0 cm³/mol. The van der Waals surface area contributed by atoms with Crippen molar-refractivity contribution in [2.24, 2.45) is 0 Å². The van der Waals surface area contributed by atoms with Gasteiger partial charge in [-0.25, -0.2) is 0 Å². The van der Waals surface area contributed by atoms with E-state index in [-0.39, 0.29) is 23.3 Å². The van der Waals surface area contributed by atoms with E-state index >= 15 is 0 Å². The maximum absolute atomic E-state index is 11.2. The fourth-order valence-corrected chi connectivity index (χ4v) is 2.25. The van der Waals surface area contributed by atoms with E-state index in [1.54, 1.807) is 12.1 Å². The fourth-order valence-electron chi connectivity index (χ4n) is 2.25. The van der Waals surface area contributed by atoms with Gasteiger partial charge in [0, 0.05) is 18.7 Å². The number of rotatable bonds is 8. The number of aliphatic hydroxyl groups excluding tert-OH is 1. The zero-order chi connectivity index (χ0) is 15.1. The number of benzene rings is 1. The van der Waals surface area contributed by atoms with Gasteiger partial charge >= 0.3 is 0 Å². The minimum atomic E-state index is -0.371. The Morgan fingerprint density at radius 2 is 2.05 bits per heavy atom. The van der Waals surface area contributed by atoms with Gasteiger partial charge in [-0.2, -0.15) is 0 Å². The minimum absolute atomic E-state index is 0.0711. The molecule has 1 aromatic carbocycles. The lowest BCUT2D eigenvalue weighted by Crippen LogP contribution is -2.32. The third-order valence-corrected chi connectivity index (χ3v) is 3.35. The smallest absolute Gasteiger partial charge is 0.292 e. The molecule has 0 heterocycles. The lowest BCUT2D eigenvalue weighted by molar-refractivity contribution is -0.384. The predicted octanol–water partition coefficient (Wildman–Crippen LogP) is 3.49. The molecular weight excluding hydrogens is 256 g/mol. The van der Waals surface area contributed by atoms with E-state index in [0.717, 1.165) is 25.8 Å². The van der Waals surface area contributed by atoms with Crippen molar-refractivity contribution >= 4 is 11.4 Å². The molecule has 0 unspecified atom stereocenters. The zero-order valence-corrected chi connectivity index (χ0v) is 12.5. The molecule has 5 heteroatoms. The Morgan fingerprint density at radius 3 is 2.55 bits per heavy atom. The monoisotopic (exact) mass is 280 g/mol. The van der Waals surface area contributed by atoms with E-state index in [2.05, 4.69) is 11.8 Å². The standard InChI is InChI=1S/C15H24N2O3/c1-4-5-6-9-16(12(2)3)14-8-7-13(11-18)10-15(14)17(19)20/h7-8,10,12,18H,4-6,9,11H2,1-3H3. The van der Waals surface area contributed by atoms with Crippen molar-refractivity contribution in [1.29, 1.82) is 0 Å². The molecule has 20 heavy (non-hydrogen) atoms. The quantitative estimate of drug-likeness (QED) is 0.449. The molecule has 0 atom stereocenters. The number of aliphatic hydroxyl groups is 1. The third-order valence-electron chi connectivity index (χ3n) is 3.35. The second-order valence-electron chi connectivity index (χ2n) is 5.23. The zero-order valence-electron chi connectivity index (χ0n) is 12.5. The van der Waals surface area contributed by atoms with E-state index < -0.39 is 0 Å². The van der Waals surface area contributed by atoms with E-state index in [1.807, 2.05) is 13.8 Å². The van der Waals surface area contributed by atoms with Crippen molar-refractivity contribution in [3.63, 3.8) is 0 Å². The molecule has 0 radical (unpaired) electrons. The summed E-state index contributed by atoms with van der Waals surface area (Å²) in [6.45, 7) is 6.84. The largest absolute Gasteiger partial charge is 0.392 e. The lowest BCUT2D eigenvalue weighted by Gasteiger charge is -2.28. The minimum Gasteiger partial charge on any atom is -0.392 e. The highest BCUT2D eigenvalue weighted by atomic mass is 16.6. The molecule has 0 saturated heterocycles. The number of hydrogen-bond donors (Lipinski definition) is 1. The molecule has 0 saturated carbocycles. The summed E-state index contributed by atoms with van der Waals surface area (Å²) in [5.74, 6) is 0. The average Bonchev–Trinajstić information content (AvgIpc) is 2.42. The molecule has 1 rings (SSSR count). The molecule has 1 N–H and O–H groups in total. The maximum atomic E-state index is 11.2. The summed E-state index contributed by atoms with van der Waals surface area (Å²) < 4.78 is 0. The highest BCUT2D eigenvalue weighted by molar-refractivity contribution is 5.64. The molecule has 0 bridgehead atoms. The van der Waals surface area contributed by atoms with Crippen LogP contribution in [0.3, 0.4) is 0 Å². The number of nitro groups is 1. The van der Waals surface area contributed by atoms with E-state index in [1.165, 1.54) is 6.07 Å². The summed E-state index contributed by atoms with van der Waals surface area (Å²) in [5.41, 5.74) is 1.28. The Bertz CT molecular complexity index is 447. The van der Waals surface area contributed by atoms with Gasteiger partial charge in [0.05, 0.1) is 11.5 Å². The van der Waals surface area contributed by atoms with E-state index in [4.69, 9.17) is 5.11 Å². The molecule has 0 fully saturated rings. The van der Waals surface area contributed by atoms with Crippen LogP contribution in [0.25, 0.3) is 0 Å². The van der Waals surface area contributed by atoms with E-state index in [0.29, 0.717) is 11.3 Å². The first-order valence-electron chi connectivity index (χ1n) is 7.16. The van der Waals surface area contributed by atoms with Gasteiger partial charge < -0.3 is 10.0 Å². The molecule has 0 aliphatic carbocycles. The fraction of sp³-hybridized carbons (Fsp3) is 0.600. The van der Waals surface area contributed by atoms with Crippen molar-refractivity contribution < 1.29 is 10.0 Å². The van der Waals surface area contributed by atoms with Crippen LogP contribution in [0.2, 0.25) is 0 Å². The van der Waals surface area contributed by atoms with Crippen molar-refractivity contribution in [2.45, 2.75) is 52.7 Å². The Labute approximate surface area is 120 Å². The summed E-state index contributed by atoms with van der Waals surface area (Å²) in [6, 6.07) is 5.16. The first-order valence-corrected chi connectivity index (χ1v) is 7.16. The lowest BCUT2D eigenvalue weighted by atomic mass is 10.1. The van der Waals surface area contributed by atoms with Crippen LogP contribution in [0.5, 0.6) is 0 Å². The second kappa shape index (κ2) is 7.85. The van der Waals surface area contributed by atoms with Crippen LogP contribution in [0.4, 0.5) is 11.4 Å². The summed E-state index contributed by atoms with van der Waals surface area (Å²) >= 11 is 0. The Morgan fingerprint density at radius 1 is 1.35 bits per heavy atom. The van der Waals surface area contributed by atoms with Crippen molar-refractivity contribution in [1.82, 2.24) is 0 Å². The van der Waals surface area contributed by atoms with Crippen LogP contribution in [0.1, 0.15) is 45.6 Å². The van der Waals surface area contributed by atoms with Crippen molar-refractivity contribution in [3.8, 4) is 0 Å². The van der Waals surface area contributed by atoms with Crippen LogP contribution in [0, 0.1) is 10.1 Å². The molecule has 0 aromatic heterocycles. The van der Waals surface area contributed by atoms with Gasteiger partial charge in [0.1, 0.15) is 5.69 Å². The van der Waals surface area contributed by atoms with Crippen LogP contribution >= 0.6 is 0 Å². The number of nitro benzene ring substituents is 1. The molecule has 0 amide bonds. The van der Waals surface area contributed by atoms with Crippen molar-refractivity contribution in [3.05, 3.63) is 33.9 Å². The summed E-state index contributed by atoms with van der Waals surface area (Å²) in [4.78, 5) is 12.9. The first-order chi connectivity index (χ1) is 9.51. The van der Waals surface area contributed by atoms with Gasteiger partial charge in [0.2, 0.25) is 0 Å². The summed E-state index contributed by atoms with van der Waals surface area (Å²) in [6.07, 6.45) is 3.26. The molecule has 0 aliphatic rings. The molecule has 0 spiro atoms. The van der Waals surface area contributed by atoms with Crippen LogP contribution < -0.4 is 4.90 Å². The summed E-state index contributed by atoms with van der Waals surface area (Å²) in [7, 11) is 0. The van der Waals surface area contributed by atoms with Crippen LogP contribution in [-0.4, -0.2) is 22.6 Å². The molecular formula is C15H24N2O3. The highest BCUT2D eigenvalue weighted by Crippen LogP contribution is 2.31. The molecule has 0 aliphatic heterocycles. The Hall–Kier alpha value is -1.62. The van der Waals surface area contributed by atoms with Crippen molar-refractivity contribution in [2.75, 3.05) is 11.4 Å². The maximum Gasteiger partial charge on any atom is 0.292 e. The normalized spacial score (nSPS) is 10.8. The molecule has 112 valence electrons. The van der Waals surface area contributed by atoms with Gasteiger partial charge in [-0.1, -0.05) is 25.8 Å². The van der Waals surface area contributed by atoms with E-state index in [9.17, 15) is 10.1 Å². The van der Waals surface area contributed by atoms with Gasteiger partial charge in [-0.05, 0) is 31.9 Å². The van der Waals surface area contributed by atoms with Crippen LogP contribution in [0.15, 0.2) is 18.2 Å². The van der Waals surface area contributed by atoms with Gasteiger partial charge in [0.15, 0.2) is 0 Å². The Balaban J connectivity index is 3.08. The van der Waals surface area contributed by atoms with Gasteiger partial charge in [-0.15, -0.1) is 0 Å². The second-order valence-corrected chi connectivity index (χ2v) is 5.23. The topological polar surface area (TPSA) is 66.6 Å². The van der Waals surface area contributed by atoms with Crippen LogP contribution in [-0.2, 0) is 6.61 Å². The highest BCUT2D eigenvalue weighted by Gasteiger charge is 2.21. The third kappa shape index (κ3) is 4.20. The average molecular weight is 280 g/mol. The molecule has 1 aromatic rings. The Kier molecular flexibility index (Phi) is 6.45. The summed E-state index contributed by atoms with van der Waals surface area (Å²) in [5, 5.41) is 20.4. The van der Waals surface area contributed by atoms with Gasteiger partial charge in [-0.3, -0.25) is 10.1 Å². The number of anilines is 1. The van der Waals surface area contributed by atoms with Gasteiger partial charge in [0.25, 0.3) is 5.69 Å². The number of hydrogen-bond acceptors (Lipinski definition) is 4.